The summed E-state index contributed by atoms with van der Waals surface area (Å²) in [7, 11) is -2.95. The fourth-order valence-electron chi connectivity index (χ4n) is 5.88. The second kappa shape index (κ2) is 9.64. The molecule has 196 valence electrons. The highest BCUT2D eigenvalue weighted by Crippen LogP contribution is 2.40. The van der Waals surface area contributed by atoms with Gasteiger partial charge in [0.25, 0.3) is 0 Å². The molecule has 0 unspecified atom stereocenters. The van der Waals surface area contributed by atoms with Crippen molar-refractivity contribution in [1.82, 2.24) is 14.8 Å². The molecule has 0 aliphatic carbocycles. The van der Waals surface area contributed by atoms with Crippen molar-refractivity contribution < 1.29 is 17.9 Å². The van der Waals surface area contributed by atoms with Crippen molar-refractivity contribution in [3.63, 3.8) is 0 Å². The molecule has 0 spiro atoms. The Morgan fingerprint density at radius 2 is 1.86 bits per heavy atom. The van der Waals surface area contributed by atoms with Gasteiger partial charge in [-0.1, -0.05) is 12.6 Å². The number of piperidine rings is 1. The third kappa shape index (κ3) is 4.80. The van der Waals surface area contributed by atoms with E-state index in [1.54, 1.807) is 6.20 Å². The summed E-state index contributed by atoms with van der Waals surface area (Å²) in [5, 5.41) is 3.51. The van der Waals surface area contributed by atoms with E-state index in [0.717, 1.165) is 67.5 Å². The van der Waals surface area contributed by atoms with E-state index >= 15 is 0 Å². The van der Waals surface area contributed by atoms with Crippen LogP contribution in [-0.2, 0) is 21.2 Å². The lowest BCUT2D eigenvalue weighted by molar-refractivity contribution is -0.133. The summed E-state index contributed by atoms with van der Waals surface area (Å²) in [6, 6.07) is 8.83. The molecule has 4 aliphatic rings. The number of aromatic nitrogens is 1. The molecule has 1 amide bonds. The fraction of sp³-hybridized carbons (Fsp3) is 0.481. The van der Waals surface area contributed by atoms with Crippen molar-refractivity contribution in [3.8, 4) is 5.75 Å². The van der Waals surface area contributed by atoms with Gasteiger partial charge in [0.05, 0.1) is 22.8 Å². The number of likely N-dealkylation sites (tertiary alicyclic amines) is 2. The van der Waals surface area contributed by atoms with Crippen molar-refractivity contribution in [1.29, 1.82) is 0 Å². The van der Waals surface area contributed by atoms with Crippen molar-refractivity contribution in [2.45, 2.75) is 31.4 Å². The third-order valence-corrected chi connectivity index (χ3v) is 9.82. The van der Waals surface area contributed by atoms with Gasteiger partial charge in [-0.25, -0.2) is 13.4 Å². The molecule has 1 aromatic heterocycles. The van der Waals surface area contributed by atoms with E-state index in [1.165, 1.54) is 11.6 Å². The number of pyridine rings is 1. The SMILES string of the molecule is C=CC(=O)N1CC(N2CCC(c3ccc4c(c3)Nc3nccc(N5CCS(=O)(=O)CC5)c3CO4)CC2)C1. The van der Waals surface area contributed by atoms with E-state index < -0.39 is 9.84 Å². The number of ether oxygens (including phenoxy) is 1. The van der Waals surface area contributed by atoms with E-state index in [-0.39, 0.29) is 17.4 Å². The second-order valence-corrected chi connectivity index (χ2v) is 12.7. The first-order valence-corrected chi connectivity index (χ1v) is 14.8. The molecule has 3 saturated heterocycles. The van der Waals surface area contributed by atoms with Crippen LogP contribution in [0.4, 0.5) is 17.2 Å². The van der Waals surface area contributed by atoms with Gasteiger partial charge in [-0.2, -0.15) is 0 Å². The first-order chi connectivity index (χ1) is 17.9. The Morgan fingerprint density at radius 1 is 1.11 bits per heavy atom. The zero-order valence-corrected chi connectivity index (χ0v) is 21.8. The summed E-state index contributed by atoms with van der Waals surface area (Å²) in [5.41, 5.74) is 4.16. The van der Waals surface area contributed by atoms with Gasteiger partial charge < -0.3 is 19.9 Å². The number of anilines is 3. The zero-order valence-electron chi connectivity index (χ0n) is 20.9. The van der Waals surface area contributed by atoms with Crippen LogP contribution in [0.1, 0.15) is 29.9 Å². The second-order valence-electron chi connectivity index (χ2n) is 10.4. The van der Waals surface area contributed by atoms with Crippen molar-refractivity contribution >= 4 is 32.9 Å². The lowest BCUT2D eigenvalue weighted by Gasteiger charge is -2.47. The molecule has 2 aromatic rings. The number of nitrogens with one attached hydrogen (secondary N) is 1. The number of carbonyl (C=O) groups excluding carboxylic acids is 1. The number of hydrogen-bond donors (Lipinski definition) is 1. The minimum Gasteiger partial charge on any atom is -0.487 e. The highest BCUT2D eigenvalue weighted by molar-refractivity contribution is 7.91. The van der Waals surface area contributed by atoms with E-state index in [1.807, 2.05) is 17.0 Å². The highest BCUT2D eigenvalue weighted by atomic mass is 32.2. The minimum atomic E-state index is -2.95. The van der Waals surface area contributed by atoms with Crippen molar-refractivity contribution in [3.05, 3.63) is 54.2 Å². The Bertz CT molecular complexity index is 1300. The molecule has 0 atom stereocenters. The van der Waals surface area contributed by atoms with Crippen molar-refractivity contribution in [2.24, 2.45) is 0 Å². The third-order valence-electron chi connectivity index (χ3n) is 8.21. The summed E-state index contributed by atoms with van der Waals surface area (Å²) >= 11 is 0. The molecule has 10 heteroatoms. The Labute approximate surface area is 218 Å². The Hall–Kier alpha value is -3.11. The van der Waals surface area contributed by atoms with Crippen LogP contribution in [0.2, 0.25) is 0 Å². The number of fused-ring (bicyclic) bond motifs is 2. The molecule has 6 rings (SSSR count). The standard InChI is InChI=1S/C27H33N5O4S/c1-2-26(33)32-16-21(17-32)30-9-6-19(7-10-30)20-3-4-25-23(15-20)29-27-22(18-36-25)24(5-8-28-27)31-11-13-37(34,35)14-12-31/h2-5,8,15,19,21H,1,6-7,9-14,16-18H2,(H,28,29). The first-order valence-electron chi connectivity index (χ1n) is 13.0. The number of nitrogens with zero attached hydrogens (tertiary/aromatic N) is 4. The lowest BCUT2D eigenvalue weighted by Crippen LogP contribution is -2.61. The van der Waals surface area contributed by atoms with Crippen LogP contribution in [-0.4, -0.2) is 85.9 Å². The maximum absolute atomic E-state index is 11.9. The number of amides is 1. The Kier molecular flexibility index (Phi) is 6.32. The summed E-state index contributed by atoms with van der Waals surface area (Å²) < 4.78 is 30.0. The summed E-state index contributed by atoms with van der Waals surface area (Å²) in [5.74, 6) is 2.41. The molecule has 37 heavy (non-hydrogen) atoms. The first kappa shape index (κ1) is 24.2. The molecule has 3 fully saturated rings. The van der Waals surface area contributed by atoms with E-state index in [9.17, 15) is 13.2 Å². The van der Waals surface area contributed by atoms with Gasteiger partial charge in [0, 0.05) is 44.1 Å². The van der Waals surface area contributed by atoms with Gasteiger partial charge >= 0.3 is 0 Å². The van der Waals surface area contributed by atoms with Gasteiger partial charge in [0.1, 0.15) is 18.2 Å². The maximum Gasteiger partial charge on any atom is 0.246 e. The lowest BCUT2D eigenvalue weighted by atomic mass is 9.88. The maximum atomic E-state index is 11.9. The number of rotatable bonds is 4. The molecule has 9 nitrogen and oxygen atoms in total. The smallest absolute Gasteiger partial charge is 0.246 e. The van der Waals surface area contributed by atoms with Gasteiger partial charge in [-0.15, -0.1) is 0 Å². The van der Waals surface area contributed by atoms with Gasteiger partial charge in [0.2, 0.25) is 5.91 Å². The quantitative estimate of drug-likeness (QED) is 0.611. The van der Waals surface area contributed by atoms with E-state index in [0.29, 0.717) is 31.7 Å². The molecule has 1 aromatic carbocycles. The number of sulfone groups is 1. The highest BCUT2D eigenvalue weighted by Gasteiger charge is 2.36. The predicted octanol–water partition coefficient (Wildman–Crippen LogP) is 2.53. The van der Waals surface area contributed by atoms with Gasteiger partial charge in [-0.05, 0) is 61.7 Å². The fourth-order valence-corrected chi connectivity index (χ4v) is 7.08. The predicted molar refractivity (Wildman–Crippen MR) is 143 cm³/mol. The number of hydrogen-bond acceptors (Lipinski definition) is 8. The van der Waals surface area contributed by atoms with E-state index in [4.69, 9.17) is 4.74 Å². The van der Waals surface area contributed by atoms with Gasteiger partial charge in [0.15, 0.2) is 9.84 Å². The Morgan fingerprint density at radius 3 is 2.59 bits per heavy atom. The van der Waals surface area contributed by atoms with Crippen LogP contribution in [0.25, 0.3) is 0 Å². The van der Waals surface area contributed by atoms with Crippen LogP contribution in [0, 0.1) is 0 Å². The largest absolute Gasteiger partial charge is 0.487 e. The van der Waals surface area contributed by atoms with Crippen LogP contribution in [0.15, 0.2) is 43.1 Å². The molecular weight excluding hydrogens is 490 g/mol. The van der Waals surface area contributed by atoms with Crippen molar-refractivity contribution in [2.75, 3.05) is 61.0 Å². The average molecular weight is 524 g/mol. The molecular formula is C27H33N5O4S. The normalized spacial score (nSPS) is 22.1. The Balaban J connectivity index is 1.13. The molecule has 4 aliphatic heterocycles. The minimum absolute atomic E-state index is 0.0258. The number of carbonyl (C=O) groups is 1. The molecule has 0 bridgehead atoms. The van der Waals surface area contributed by atoms with Crippen LogP contribution >= 0.6 is 0 Å². The van der Waals surface area contributed by atoms with Gasteiger partial charge in [-0.3, -0.25) is 9.69 Å². The number of benzene rings is 1. The average Bonchev–Trinajstić information content (AvgIpc) is 3.07. The molecule has 0 radical (unpaired) electrons. The summed E-state index contributed by atoms with van der Waals surface area (Å²) in [4.78, 5) is 22.8. The molecule has 0 saturated carbocycles. The van der Waals surface area contributed by atoms with Crippen LogP contribution in [0.3, 0.4) is 0 Å². The van der Waals surface area contributed by atoms with E-state index in [2.05, 4.69) is 38.8 Å². The topological polar surface area (TPSA) is 95.1 Å². The van der Waals surface area contributed by atoms with Crippen LogP contribution in [0.5, 0.6) is 5.75 Å². The molecule has 5 heterocycles. The van der Waals surface area contributed by atoms with Crippen LogP contribution < -0.4 is 15.0 Å². The summed E-state index contributed by atoms with van der Waals surface area (Å²) in [6.07, 6.45) is 5.34. The zero-order chi connectivity index (χ0) is 25.6. The monoisotopic (exact) mass is 523 g/mol. The summed E-state index contributed by atoms with van der Waals surface area (Å²) in [6.45, 7) is 8.60. The molecule has 1 N–H and O–H groups in total.